The van der Waals surface area contributed by atoms with Gasteiger partial charge in [-0.05, 0) is 25.5 Å². The molecule has 2 atom stereocenters. The molecular weight excluding hydrogens is 296 g/mol. The Hall–Kier alpha value is -1.28. The molecule has 1 spiro atoms. The fourth-order valence-electron chi connectivity index (χ4n) is 3.34. The summed E-state index contributed by atoms with van der Waals surface area (Å²) in [5.41, 5.74) is 0.676. The molecule has 2 fully saturated rings. The second kappa shape index (κ2) is 7.53. The molecule has 3 rings (SSSR count). The number of aryl methyl sites for hydroxylation is 1. The van der Waals surface area contributed by atoms with E-state index in [0.717, 1.165) is 44.2 Å². The van der Waals surface area contributed by atoms with E-state index in [2.05, 4.69) is 20.4 Å². The lowest BCUT2D eigenvalue weighted by molar-refractivity contribution is -0.0563. The molecule has 1 aromatic heterocycles. The fraction of sp³-hybridized carbons (Fsp3) is 0.750. The summed E-state index contributed by atoms with van der Waals surface area (Å²) >= 11 is 0. The van der Waals surface area contributed by atoms with E-state index in [0.29, 0.717) is 25.7 Å². The van der Waals surface area contributed by atoms with Crippen LogP contribution in [0.4, 0.5) is 5.82 Å². The summed E-state index contributed by atoms with van der Waals surface area (Å²) in [6.45, 7) is 7.34. The number of nitrogens with one attached hydrogen (secondary N) is 1. The number of anilines is 1. The number of hydrogen-bond donors (Lipinski definition) is 2. The Kier molecular flexibility index (Phi) is 5.42. The van der Waals surface area contributed by atoms with Crippen molar-refractivity contribution in [1.29, 1.82) is 0 Å². The van der Waals surface area contributed by atoms with Crippen LogP contribution in [0, 0.1) is 12.8 Å². The lowest BCUT2D eigenvalue weighted by Crippen LogP contribution is -2.45. The van der Waals surface area contributed by atoms with Gasteiger partial charge in [0.05, 0.1) is 32.1 Å². The van der Waals surface area contributed by atoms with Crippen LogP contribution in [0.15, 0.2) is 12.1 Å². The number of ether oxygens (including phenoxy) is 2. The smallest absolute Gasteiger partial charge is 0.148 e. The maximum atomic E-state index is 9.18. The van der Waals surface area contributed by atoms with Gasteiger partial charge in [-0.15, -0.1) is 5.10 Å². The molecule has 0 aliphatic carbocycles. The molecule has 0 unspecified atom stereocenters. The molecule has 0 amide bonds. The van der Waals surface area contributed by atoms with Crippen molar-refractivity contribution >= 4 is 5.82 Å². The largest absolute Gasteiger partial charge is 0.395 e. The summed E-state index contributed by atoms with van der Waals surface area (Å²) in [7, 11) is 0. The van der Waals surface area contributed by atoms with E-state index >= 15 is 0 Å². The molecule has 2 aliphatic heterocycles. The first kappa shape index (κ1) is 16.6. The molecule has 2 aliphatic rings. The van der Waals surface area contributed by atoms with Gasteiger partial charge in [-0.1, -0.05) is 0 Å². The molecule has 0 aromatic carbocycles. The van der Waals surface area contributed by atoms with Gasteiger partial charge in [0.15, 0.2) is 0 Å². The molecule has 3 heterocycles. The highest BCUT2D eigenvalue weighted by Crippen LogP contribution is 2.32. The van der Waals surface area contributed by atoms with Crippen LogP contribution in [0.5, 0.6) is 0 Å². The molecule has 0 bridgehead atoms. The number of nitrogens with zero attached hydrogens (tertiary/aromatic N) is 3. The first-order chi connectivity index (χ1) is 11.2. The van der Waals surface area contributed by atoms with Gasteiger partial charge >= 0.3 is 0 Å². The maximum Gasteiger partial charge on any atom is 0.148 e. The Labute approximate surface area is 137 Å². The van der Waals surface area contributed by atoms with Crippen LogP contribution >= 0.6 is 0 Å². The molecule has 0 radical (unpaired) electrons. The van der Waals surface area contributed by atoms with E-state index in [1.807, 2.05) is 19.1 Å². The average Bonchev–Trinajstić information content (AvgIpc) is 2.83. The molecule has 128 valence electrons. The standard InChI is InChI=1S/C16H26N4O3/c1-13-2-3-15(19-18-13)17-9-14-8-16(23-10-14)11-20(4-6-21)5-7-22-12-16/h2-3,14,21H,4-12H2,1H3,(H,17,19)/t14-,16-/m0/s1. The van der Waals surface area contributed by atoms with E-state index in [4.69, 9.17) is 9.47 Å². The minimum atomic E-state index is -0.239. The third-order valence-electron chi connectivity index (χ3n) is 4.50. The van der Waals surface area contributed by atoms with E-state index in [-0.39, 0.29) is 12.2 Å². The first-order valence-electron chi connectivity index (χ1n) is 8.28. The van der Waals surface area contributed by atoms with Gasteiger partial charge in [-0.25, -0.2) is 0 Å². The van der Waals surface area contributed by atoms with Crippen LogP contribution in [-0.4, -0.2) is 78.4 Å². The number of aliphatic hydroxyl groups excluding tert-OH is 1. The molecule has 2 N–H and O–H groups in total. The van der Waals surface area contributed by atoms with Gasteiger partial charge in [0, 0.05) is 32.1 Å². The summed E-state index contributed by atoms with van der Waals surface area (Å²) in [6, 6.07) is 3.90. The maximum absolute atomic E-state index is 9.18. The van der Waals surface area contributed by atoms with Crippen molar-refractivity contribution in [3.8, 4) is 0 Å². The van der Waals surface area contributed by atoms with Gasteiger partial charge in [-0.3, -0.25) is 4.90 Å². The molecule has 1 aromatic rings. The zero-order chi connectivity index (χ0) is 16.1. The van der Waals surface area contributed by atoms with Crippen LogP contribution in [0.1, 0.15) is 12.1 Å². The molecule has 7 heteroatoms. The lowest BCUT2D eigenvalue weighted by atomic mass is 9.94. The predicted molar refractivity (Wildman–Crippen MR) is 86.4 cm³/mol. The van der Waals surface area contributed by atoms with Crippen molar-refractivity contribution in [2.45, 2.75) is 18.9 Å². The predicted octanol–water partition coefficient (Wildman–Crippen LogP) is 0.297. The van der Waals surface area contributed by atoms with Gasteiger partial charge in [-0.2, -0.15) is 5.10 Å². The lowest BCUT2D eigenvalue weighted by Gasteiger charge is -2.30. The molecule has 2 saturated heterocycles. The van der Waals surface area contributed by atoms with E-state index < -0.39 is 0 Å². The Bertz CT molecular complexity index is 499. The minimum Gasteiger partial charge on any atom is -0.395 e. The molecule has 7 nitrogen and oxygen atoms in total. The Balaban J connectivity index is 1.53. The number of β-amino-alcohol motifs (C(OH)–C–C–N with tert-alkyl or cyclic N) is 1. The van der Waals surface area contributed by atoms with Crippen LogP contribution in [-0.2, 0) is 9.47 Å². The topological polar surface area (TPSA) is 79.7 Å². The second-order valence-electron chi connectivity index (χ2n) is 6.56. The van der Waals surface area contributed by atoms with Crippen LogP contribution in [0.3, 0.4) is 0 Å². The Morgan fingerprint density at radius 3 is 3.13 bits per heavy atom. The summed E-state index contributed by atoms with van der Waals surface area (Å²) in [5, 5.41) is 20.7. The van der Waals surface area contributed by atoms with E-state index in [1.165, 1.54) is 0 Å². The number of aliphatic hydroxyl groups is 1. The van der Waals surface area contributed by atoms with Gasteiger partial charge in [0.1, 0.15) is 11.4 Å². The molecule has 23 heavy (non-hydrogen) atoms. The number of rotatable bonds is 5. The third kappa shape index (κ3) is 4.38. The summed E-state index contributed by atoms with van der Waals surface area (Å²) < 4.78 is 11.9. The van der Waals surface area contributed by atoms with Gasteiger partial charge in [0.2, 0.25) is 0 Å². The van der Waals surface area contributed by atoms with Gasteiger partial charge < -0.3 is 19.9 Å². The van der Waals surface area contributed by atoms with Crippen LogP contribution in [0.2, 0.25) is 0 Å². The highest BCUT2D eigenvalue weighted by atomic mass is 16.5. The zero-order valence-electron chi connectivity index (χ0n) is 13.7. The number of hydrogen-bond acceptors (Lipinski definition) is 7. The van der Waals surface area contributed by atoms with Crippen molar-refractivity contribution in [3.63, 3.8) is 0 Å². The Morgan fingerprint density at radius 1 is 1.43 bits per heavy atom. The summed E-state index contributed by atoms with van der Waals surface area (Å²) in [6.07, 6.45) is 0.960. The minimum absolute atomic E-state index is 0.174. The normalized spacial score (nSPS) is 28.9. The average molecular weight is 322 g/mol. The third-order valence-corrected chi connectivity index (χ3v) is 4.50. The van der Waals surface area contributed by atoms with Crippen molar-refractivity contribution < 1.29 is 14.6 Å². The van der Waals surface area contributed by atoms with Crippen molar-refractivity contribution in [2.24, 2.45) is 5.92 Å². The molecule has 0 saturated carbocycles. The van der Waals surface area contributed by atoms with Crippen molar-refractivity contribution in [2.75, 3.05) is 57.9 Å². The summed E-state index contributed by atoms with van der Waals surface area (Å²) in [4.78, 5) is 2.23. The van der Waals surface area contributed by atoms with Gasteiger partial charge in [0.25, 0.3) is 0 Å². The monoisotopic (exact) mass is 322 g/mol. The quantitative estimate of drug-likeness (QED) is 0.807. The SMILES string of the molecule is Cc1ccc(NC[C@H]2CO[C@@]3(COCCN(CCO)C3)C2)nn1. The molecular formula is C16H26N4O3. The highest BCUT2D eigenvalue weighted by molar-refractivity contribution is 5.32. The zero-order valence-corrected chi connectivity index (χ0v) is 13.7. The van der Waals surface area contributed by atoms with E-state index in [1.54, 1.807) is 0 Å². The van der Waals surface area contributed by atoms with Crippen molar-refractivity contribution in [3.05, 3.63) is 17.8 Å². The summed E-state index contributed by atoms with van der Waals surface area (Å²) in [5.74, 6) is 1.23. The Morgan fingerprint density at radius 2 is 2.35 bits per heavy atom. The van der Waals surface area contributed by atoms with Crippen LogP contribution < -0.4 is 5.32 Å². The second-order valence-corrected chi connectivity index (χ2v) is 6.56. The van der Waals surface area contributed by atoms with Crippen molar-refractivity contribution in [1.82, 2.24) is 15.1 Å². The van der Waals surface area contributed by atoms with E-state index in [9.17, 15) is 5.11 Å². The number of aromatic nitrogens is 2. The highest BCUT2D eigenvalue weighted by Gasteiger charge is 2.43. The fourth-order valence-corrected chi connectivity index (χ4v) is 3.34. The van der Waals surface area contributed by atoms with Crippen LogP contribution in [0.25, 0.3) is 0 Å². The first-order valence-corrected chi connectivity index (χ1v) is 8.28.